The van der Waals surface area contributed by atoms with Crippen LogP contribution in [0.15, 0.2) is 42.5 Å². The topological polar surface area (TPSA) is 37.0 Å². The first-order valence-corrected chi connectivity index (χ1v) is 11.1. The van der Waals surface area contributed by atoms with Gasteiger partial charge in [-0.25, -0.2) is 0 Å². The maximum atomic E-state index is 6.15. The van der Waals surface area contributed by atoms with E-state index in [0.717, 1.165) is 58.0 Å². The number of thiocarbonyl (C=S) groups is 1. The van der Waals surface area contributed by atoms with Gasteiger partial charge in [-0.05, 0) is 43.3 Å². The van der Waals surface area contributed by atoms with Crippen molar-refractivity contribution in [3.05, 3.63) is 58.6 Å². The van der Waals surface area contributed by atoms with Crippen LogP contribution >= 0.6 is 23.8 Å². The molecule has 2 aromatic carbocycles. The molecule has 0 aromatic heterocycles. The van der Waals surface area contributed by atoms with E-state index in [-0.39, 0.29) is 0 Å². The molecule has 1 aliphatic heterocycles. The van der Waals surface area contributed by atoms with Crippen molar-refractivity contribution in [3.8, 4) is 5.75 Å². The third-order valence-corrected chi connectivity index (χ3v) is 5.86. The van der Waals surface area contributed by atoms with Gasteiger partial charge >= 0.3 is 0 Å². The average Bonchev–Trinajstić information content (AvgIpc) is 2.76. The summed E-state index contributed by atoms with van der Waals surface area (Å²) in [7, 11) is 1.61. The Labute approximate surface area is 189 Å². The van der Waals surface area contributed by atoms with Crippen LogP contribution in [-0.4, -0.2) is 61.4 Å². The number of benzene rings is 2. The van der Waals surface area contributed by atoms with E-state index in [1.54, 1.807) is 7.11 Å². The second-order valence-corrected chi connectivity index (χ2v) is 8.29. The Balaban J connectivity index is 1.65. The molecule has 1 fully saturated rings. The van der Waals surface area contributed by atoms with E-state index in [0.29, 0.717) is 15.9 Å². The minimum Gasteiger partial charge on any atom is -0.495 e. The van der Waals surface area contributed by atoms with E-state index in [2.05, 4.69) is 46.3 Å². The largest absolute Gasteiger partial charge is 0.495 e. The molecule has 1 aliphatic rings. The van der Waals surface area contributed by atoms with Crippen LogP contribution in [0.25, 0.3) is 0 Å². The number of anilines is 1. The molecular weight excluding hydrogens is 418 g/mol. The molecule has 0 amide bonds. The summed E-state index contributed by atoms with van der Waals surface area (Å²) in [6, 6.07) is 14.2. The highest BCUT2D eigenvalue weighted by atomic mass is 35.5. The van der Waals surface area contributed by atoms with Crippen molar-refractivity contribution in [1.29, 1.82) is 0 Å². The monoisotopic (exact) mass is 447 g/mol. The van der Waals surface area contributed by atoms with Crippen LogP contribution in [-0.2, 0) is 11.3 Å². The smallest absolute Gasteiger partial charge is 0.173 e. The number of halogens is 1. The molecule has 0 saturated carbocycles. The Morgan fingerprint density at radius 1 is 1.20 bits per heavy atom. The quantitative estimate of drug-likeness (QED) is 0.597. The van der Waals surface area contributed by atoms with E-state index >= 15 is 0 Å². The molecule has 0 aliphatic carbocycles. The number of hydrogen-bond donors (Lipinski definition) is 1. The van der Waals surface area contributed by atoms with Gasteiger partial charge in [0.25, 0.3) is 0 Å². The summed E-state index contributed by atoms with van der Waals surface area (Å²) < 4.78 is 10.8. The molecule has 30 heavy (non-hydrogen) atoms. The first kappa shape index (κ1) is 22.8. The summed E-state index contributed by atoms with van der Waals surface area (Å²) in [5.74, 6) is 0.627. The van der Waals surface area contributed by atoms with Gasteiger partial charge in [0.1, 0.15) is 5.75 Å². The molecule has 0 unspecified atom stereocenters. The standard InChI is InChI=1S/C23H30ClN3O2S/c1-18-4-6-19(7-5-18)17-27(11-3-10-26-12-14-29-15-13-26)23(30)25-20-8-9-21(24)22(16-20)28-2/h4-9,16H,3,10-15,17H2,1-2H3,(H,25,30). The van der Waals surface area contributed by atoms with Crippen molar-refractivity contribution in [3.63, 3.8) is 0 Å². The second kappa shape index (κ2) is 11.5. The zero-order valence-electron chi connectivity index (χ0n) is 17.7. The van der Waals surface area contributed by atoms with Gasteiger partial charge in [-0.2, -0.15) is 0 Å². The van der Waals surface area contributed by atoms with Gasteiger partial charge in [0, 0.05) is 44.5 Å². The lowest BCUT2D eigenvalue weighted by atomic mass is 10.1. The summed E-state index contributed by atoms with van der Waals surface area (Å²) >= 11 is 11.9. The maximum absolute atomic E-state index is 6.15. The SMILES string of the molecule is COc1cc(NC(=S)N(CCCN2CCOCC2)Cc2ccc(C)cc2)ccc1Cl. The summed E-state index contributed by atoms with van der Waals surface area (Å²) in [6.07, 6.45) is 1.04. The zero-order chi connectivity index (χ0) is 21.3. The third-order valence-electron chi connectivity index (χ3n) is 5.19. The fourth-order valence-corrected chi connectivity index (χ4v) is 3.88. The highest BCUT2D eigenvalue weighted by molar-refractivity contribution is 7.80. The van der Waals surface area contributed by atoms with E-state index < -0.39 is 0 Å². The van der Waals surface area contributed by atoms with Gasteiger partial charge < -0.3 is 19.7 Å². The molecule has 3 rings (SSSR count). The highest BCUT2D eigenvalue weighted by Gasteiger charge is 2.14. The lowest BCUT2D eigenvalue weighted by Crippen LogP contribution is -2.40. The predicted molar refractivity (Wildman–Crippen MR) is 128 cm³/mol. The lowest BCUT2D eigenvalue weighted by molar-refractivity contribution is 0.0368. The Morgan fingerprint density at radius 3 is 2.63 bits per heavy atom. The highest BCUT2D eigenvalue weighted by Crippen LogP contribution is 2.27. The third kappa shape index (κ3) is 6.84. The second-order valence-electron chi connectivity index (χ2n) is 7.49. The molecule has 162 valence electrons. The van der Waals surface area contributed by atoms with Crippen LogP contribution in [0.1, 0.15) is 17.5 Å². The van der Waals surface area contributed by atoms with Gasteiger partial charge in [-0.1, -0.05) is 41.4 Å². The average molecular weight is 448 g/mol. The van der Waals surface area contributed by atoms with Crippen LogP contribution in [0, 0.1) is 6.92 Å². The molecule has 2 aromatic rings. The predicted octanol–water partition coefficient (Wildman–Crippen LogP) is 4.58. The zero-order valence-corrected chi connectivity index (χ0v) is 19.3. The first-order chi connectivity index (χ1) is 14.5. The minimum absolute atomic E-state index is 0.580. The van der Waals surface area contributed by atoms with Crippen LogP contribution in [0.4, 0.5) is 5.69 Å². The Kier molecular flexibility index (Phi) is 8.75. The van der Waals surface area contributed by atoms with Gasteiger partial charge in [0.15, 0.2) is 5.11 Å². The fraction of sp³-hybridized carbons (Fsp3) is 0.435. The molecule has 0 spiro atoms. The first-order valence-electron chi connectivity index (χ1n) is 10.3. The van der Waals surface area contributed by atoms with Gasteiger partial charge in [-0.15, -0.1) is 0 Å². The molecule has 1 N–H and O–H groups in total. The summed E-state index contributed by atoms with van der Waals surface area (Å²) in [5.41, 5.74) is 3.36. The number of methoxy groups -OCH3 is 1. The van der Waals surface area contributed by atoms with Gasteiger partial charge in [0.2, 0.25) is 0 Å². The minimum atomic E-state index is 0.580. The summed E-state index contributed by atoms with van der Waals surface area (Å²) in [5, 5.41) is 4.62. The number of ether oxygens (including phenoxy) is 2. The number of rotatable bonds is 8. The van der Waals surface area contributed by atoms with Crippen molar-refractivity contribution in [2.24, 2.45) is 0 Å². The maximum Gasteiger partial charge on any atom is 0.173 e. The molecular formula is C23H30ClN3O2S. The summed E-state index contributed by atoms with van der Waals surface area (Å²) in [6.45, 7) is 8.45. The molecule has 1 saturated heterocycles. The number of hydrogen-bond acceptors (Lipinski definition) is 4. The van der Waals surface area contributed by atoms with E-state index in [1.807, 2.05) is 18.2 Å². The molecule has 1 heterocycles. The molecule has 5 nitrogen and oxygen atoms in total. The van der Waals surface area contributed by atoms with Crippen molar-refractivity contribution in [1.82, 2.24) is 9.80 Å². The van der Waals surface area contributed by atoms with Crippen molar-refractivity contribution >= 4 is 34.6 Å². The summed E-state index contributed by atoms with van der Waals surface area (Å²) in [4.78, 5) is 4.68. The van der Waals surface area contributed by atoms with E-state index in [4.69, 9.17) is 33.3 Å². The van der Waals surface area contributed by atoms with Crippen molar-refractivity contribution < 1.29 is 9.47 Å². The Morgan fingerprint density at radius 2 is 1.93 bits per heavy atom. The molecule has 0 atom stereocenters. The Bertz CT molecular complexity index is 826. The van der Waals surface area contributed by atoms with Crippen LogP contribution in [0.3, 0.4) is 0 Å². The van der Waals surface area contributed by atoms with Crippen LogP contribution in [0.2, 0.25) is 5.02 Å². The van der Waals surface area contributed by atoms with Crippen molar-refractivity contribution in [2.75, 3.05) is 51.8 Å². The lowest BCUT2D eigenvalue weighted by Gasteiger charge is -2.29. The fourth-order valence-electron chi connectivity index (χ4n) is 3.42. The van der Waals surface area contributed by atoms with E-state index in [9.17, 15) is 0 Å². The van der Waals surface area contributed by atoms with Crippen LogP contribution < -0.4 is 10.1 Å². The van der Waals surface area contributed by atoms with Gasteiger partial charge in [-0.3, -0.25) is 4.90 Å². The van der Waals surface area contributed by atoms with Crippen LogP contribution in [0.5, 0.6) is 5.75 Å². The number of nitrogens with zero attached hydrogens (tertiary/aromatic N) is 2. The number of nitrogens with one attached hydrogen (secondary N) is 1. The Hall–Kier alpha value is -1.86. The molecule has 0 bridgehead atoms. The molecule has 7 heteroatoms. The van der Waals surface area contributed by atoms with Crippen molar-refractivity contribution in [2.45, 2.75) is 19.9 Å². The van der Waals surface area contributed by atoms with Gasteiger partial charge in [0.05, 0.1) is 25.3 Å². The number of aryl methyl sites for hydroxylation is 1. The molecule has 0 radical (unpaired) electrons. The van der Waals surface area contributed by atoms with E-state index in [1.165, 1.54) is 11.1 Å². The normalized spacial score (nSPS) is 14.4. The number of morpholine rings is 1.